The first-order chi connectivity index (χ1) is 14.0. The molecule has 3 rings (SSSR count). The monoisotopic (exact) mass is 476 g/mol. The highest BCUT2D eigenvalue weighted by Crippen LogP contribution is 2.30. The van der Waals surface area contributed by atoms with Crippen LogP contribution in [0.4, 0.5) is 5.69 Å². The molecular formula is C20H21BrN4O3S. The summed E-state index contributed by atoms with van der Waals surface area (Å²) < 4.78 is 14.1. The van der Waals surface area contributed by atoms with Gasteiger partial charge in [-0.3, -0.25) is 4.79 Å². The average molecular weight is 477 g/mol. The number of carbonyl (C=O) groups excluding carboxylic acids is 1. The van der Waals surface area contributed by atoms with Crippen molar-refractivity contribution >= 4 is 39.3 Å². The van der Waals surface area contributed by atoms with E-state index in [1.807, 2.05) is 67.1 Å². The molecule has 0 spiro atoms. The van der Waals surface area contributed by atoms with Gasteiger partial charge in [0.05, 0.1) is 12.9 Å². The topological polar surface area (TPSA) is 78.3 Å². The molecule has 1 aromatic heterocycles. The summed E-state index contributed by atoms with van der Waals surface area (Å²) in [5.74, 6) is 2.06. The van der Waals surface area contributed by atoms with Gasteiger partial charge in [0.1, 0.15) is 0 Å². The van der Waals surface area contributed by atoms with Crippen molar-refractivity contribution in [3.05, 3.63) is 58.8 Å². The molecule has 9 heteroatoms. The number of halogens is 1. The van der Waals surface area contributed by atoms with E-state index in [1.165, 1.54) is 11.8 Å². The molecule has 1 unspecified atom stereocenters. The van der Waals surface area contributed by atoms with E-state index in [0.29, 0.717) is 22.5 Å². The van der Waals surface area contributed by atoms with Gasteiger partial charge in [0, 0.05) is 17.2 Å². The molecule has 0 saturated heterocycles. The van der Waals surface area contributed by atoms with Crippen LogP contribution in [0.2, 0.25) is 0 Å². The molecule has 3 aromatic rings. The molecule has 0 aliphatic heterocycles. The smallest absolute Gasteiger partial charge is 0.234 e. The number of hydrogen-bond acceptors (Lipinski definition) is 6. The molecule has 29 heavy (non-hydrogen) atoms. The zero-order chi connectivity index (χ0) is 20.8. The zero-order valence-corrected chi connectivity index (χ0v) is 18.7. The summed E-state index contributed by atoms with van der Waals surface area (Å²) in [5, 5.41) is 11.9. The molecule has 1 N–H and O–H groups in total. The number of rotatable bonds is 8. The maximum Gasteiger partial charge on any atom is 0.234 e. The number of amides is 1. The lowest BCUT2D eigenvalue weighted by Crippen LogP contribution is -2.14. The summed E-state index contributed by atoms with van der Waals surface area (Å²) >= 11 is 4.69. The standard InChI is InChI=1S/C20H21BrN4O3S/c1-13(28-17-7-5-4-6-16(17)27-3)19-23-24-20(25(19)2)29-12-18(26)22-15-10-8-14(21)9-11-15/h4-11,13H,12H2,1-3H3,(H,22,26). The quantitative estimate of drug-likeness (QED) is 0.483. The largest absolute Gasteiger partial charge is 0.493 e. The lowest BCUT2D eigenvalue weighted by Gasteiger charge is -2.16. The lowest BCUT2D eigenvalue weighted by molar-refractivity contribution is -0.113. The van der Waals surface area contributed by atoms with Crippen LogP contribution in [-0.4, -0.2) is 33.5 Å². The third kappa shape index (κ3) is 5.51. The number of hydrogen-bond donors (Lipinski definition) is 1. The molecule has 152 valence electrons. The molecule has 0 bridgehead atoms. The van der Waals surface area contributed by atoms with Crippen LogP contribution in [0, 0.1) is 0 Å². The summed E-state index contributed by atoms with van der Waals surface area (Å²) in [7, 11) is 3.45. The molecule has 0 aliphatic rings. The van der Waals surface area contributed by atoms with Crippen molar-refractivity contribution in [1.82, 2.24) is 14.8 Å². The van der Waals surface area contributed by atoms with E-state index in [-0.39, 0.29) is 17.8 Å². The van der Waals surface area contributed by atoms with Gasteiger partial charge < -0.3 is 19.4 Å². The van der Waals surface area contributed by atoms with E-state index >= 15 is 0 Å². The highest BCUT2D eigenvalue weighted by atomic mass is 79.9. The maximum absolute atomic E-state index is 12.2. The highest BCUT2D eigenvalue weighted by Gasteiger charge is 2.19. The van der Waals surface area contributed by atoms with Gasteiger partial charge in [-0.05, 0) is 43.3 Å². The number of carbonyl (C=O) groups is 1. The number of benzene rings is 2. The van der Waals surface area contributed by atoms with Crippen LogP contribution in [0.25, 0.3) is 0 Å². The van der Waals surface area contributed by atoms with Crippen molar-refractivity contribution in [3.8, 4) is 11.5 Å². The third-order valence-electron chi connectivity index (χ3n) is 4.07. The Morgan fingerprint density at radius 3 is 2.55 bits per heavy atom. The van der Waals surface area contributed by atoms with E-state index < -0.39 is 0 Å². The minimum atomic E-state index is -0.338. The van der Waals surface area contributed by atoms with Crippen molar-refractivity contribution in [2.24, 2.45) is 7.05 Å². The Hall–Kier alpha value is -2.52. The molecule has 7 nitrogen and oxygen atoms in total. The lowest BCUT2D eigenvalue weighted by atomic mass is 10.3. The summed E-state index contributed by atoms with van der Waals surface area (Å²) in [5.41, 5.74) is 0.747. The van der Waals surface area contributed by atoms with Crippen LogP contribution < -0.4 is 14.8 Å². The van der Waals surface area contributed by atoms with Crippen molar-refractivity contribution in [1.29, 1.82) is 0 Å². The minimum Gasteiger partial charge on any atom is -0.493 e. The first-order valence-corrected chi connectivity index (χ1v) is 10.6. The summed E-state index contributed by atoms with van der Waals surface area (Å²) in [6.45, 7) is 1.89. The molecule has 1 amide bonds. The van der Waals surface area contributed by atoms with E-state index in [2.05, 4.69) is 31.4 Å². The number of thioether (sulfide) groups is 1. The second kappa shape index (κ2) is 9.80. The van der Waals surface area contributed by atoms with E-state index in [9.17, 15) is 4.79 Å². The Balaban J connectivity index is 1.59. The van der Waals surface area contributed by atoms with Crippen molar-refractivity contribution < 1.29 is 14.3 Å². The summed E-state index contributed by atoms with van der Waals surface area (Å²) in [4.78, 5) is 12.2. The van der Waals surface area contributed by atoms with Crippen LogP contribution >= 0.6 is 27.7 Å². The van der Waals surface area contributed by atoms with Gasteiger partial charge in [0.15, 0.2) is 28.6 Å². The predicted molar refractivity (Wildman–Crippen MR) is 117 cm³/mol. The van der Waals surface area contributed by atoms with Crippen LogP contribution in [0.3, 0.4) is 0 Å². The number of aromatic nitrogens is 3. The minimum absolute atomic E-state index is 0.111. The van der Waals surface area contributed by atoms with Gasteiger partial charge in [-0.25, -0.2) is 0 Å². The van der Waals surface area contributed by atoms with Crippen LogP contribution in [-0.2, 0) is 11.8 Å². The van der Waals surface area contributed by atoms with Gasteiger partial charge >= 0.3 is 0 Å². The molecule has 0 aliphatic carbocycles. The highest BCUT2D eigenvalue weighted by molar-refractivity contribution is 9.10. The first kappa shape index (κ1) is 21.2. The van der Waals surface area contributed by atoms with Crippen molar-refractivity contribution in [2.75, 3.05) is 18.2 Å². The Bertz CT molecular complexity index is 978. The molecule has 1 heterocycles. The number of ether oxygens (including phenoxy) is 2. The number of nitrogens with zero attached hydrogens (tertiary/aromatic N) is 3. The van der Waals surface area contributed by atoms with Gasteiger partial charge in [0.25, 0.3) is 0 Å². The molecule has 1 atom stereocenters. The van der Waals surface area contributed by atoms with Gasteiger partial charge in [-0.15, -0.1) is 10.2 Å². The van der Waals surface area contributed by atoms with Gasteiger partial charge in [-0.1, -0.05) is 39.8 Å². The number of methoxy groups -OCH3 is 1. The van der Waals surface area contributed by atoms with Gasteiger partial charge in [0.2, 0.25) is 5.91 Å². The van der Waals surface area contributed by atoms with Crippen LogP contribution in [0.1, 0.15) is 18.9 Å². The normalized spacial score (nSPS) is 11.7. The molecular weight excluding hydrogens is 456 g/mol. The predicted octanol–water partition coefficient (Wildman–Crippen LogP) is 4.46. The van der Waals surface area contributed by atoms with Crippen LogP contribution in [0.15, 0.2) is 58.2 Å². The van der Waals surface area contributed by atoms with E-state index in [0.717, 1.165) is 10.2 Å². The fourth-order valence-electron chi connectivity index (χ4n) is 2.63. The molecule has 2 aromatic carbocycles. The molecule has 0 fully saturated rings. The SMILES string of the molecule is COc1ccccc1OC(C)c1nnc(SCC(=O)Nc2ccc(Br)cc2)n1C. The second-order valence-corrected chi connectivity index (χ2v) is 8.01. The second-order valence-electron chi connectivity index (χ2n) is 6.15. The Kier molecular flexibility index (Phi) is 7.16. The Morgan fingerprint density at radius 2 is 1.86 bits per heavy atom. The van der Waals surface area contributed by atoms with Crippen molar-refractivity contribution in [3.63, 3.8) is 0 Å². The summed E-state index contributed by atoms with van der Waals surface area (Å²) in [6.07, 6.45) is -0.338. The van der Waals surface area contributed by atoms with Gasteiger partial charge in [-0.2, -0.15) is 0 Å². The number of nitrogens with one attached hydrogen (secondary N) is 1. The molecule has 0 saturated carbocycles. The average Bonchev–Trinajstić information content (AvgIpc) is 3.09. The zero-order valence-electron chi connectivity index (χ0n) is 16.3. The fourth-order valence-corrected chi connectivity index (χ4v) is 3.61. The van der Waals surface area contributed by atoms with E-state index in [4.69, 9.17) is 9.47 Å². The fraction of sp³-hybridized carbons (Fsp3) is 0.250. The molecule has 0 radical (unpaired) electrons. The Labute approximate surface area is 181 Å². The van der Waals surface area contributed by atoms with E-state index in [1.54, 1.807) is 7.11 Å². The number of anilines is 1. The third-order valence-corrected chi connectivity index (χ3v) is 5.61. The number of para-hydroxylation sites is 2. The van der Waals surface area contributed by atoms with Crippen molar-refractivity contribution in [2.45, 2.75) is 18.2 Å². The first-order valence-electron chi connectivity index (χ1n) is 8.85. The maximum atomic E-state index is 12.2. The summed E-state index contributed by atoms with van der Waals surface area (Å²) in [6, 6.07) is 14.9. The Morgan fingerprint density at radius 1 is 1.17 bits per heavy atom. The van der Waals surface area contributed by atoms with Crippen LogP contribution in [0.5, 0.6) is 11.5 Å².